The largest absolute Gasteiger partial charge is 0.479 e. The van der Waals surface area contributed by atoms with E-state index in [1.807, 2.05) is 24.3 Å². The van der Waals surface area contributed by atoms with Gasteiger partial charge in [-0.15, -0.1) is 0 Å². The fraction of sp³-hybridized carbons (Fsp3) is 0.222. The van der Waals surface area contributed by atoms with E-state index in [0.717, 1.165) is 10.0 Å². The molecule has 68 valence electrons. The molecule has 1 aliphatic heterocycles. The molecule has 2 atom stereocenters. The van der Waals surface area contributed by atoms with Crippen LogP contribution in [-0.4, -0.2) is 17.2 Å². The summed E-state index contributed by atoms with van der Waals surface area (Å²) in [5, 5.41) is 8.62. The number of ether oxygens (including phenoxy) is 1. The van der Waals surface area contributed by atoms with Crippen LogP contribution in [0.3, 0.4) is 0 Å². The number of epoxide rings is 1. The van der Waals surface area contributed by atoms with E-state index in [1.165, 1.54) is 0 Å². The van der Waals surface area contributed by atoms with Gasteiger partial charge in [0, 0.05) is 4.47 Å². The first-order chi connectivity index (χ1) is 6.18. The lowest BCUT2D eigenvalue weighted by molar-refractivity contribution is -0.138. The number of carboxylic acids is 1. The third kappa shape index (κ3) is 1.73. The second-order valence-electron chi connectivity index (χ2n) is 2.87. The Hall–Kier alpha value is -0.870. The van der Waals surface area contributed by atoms with Gasteiger partial charge in [-0.25, -0.2) is 4.79 Å². The van der Waals surface area contributed by atoms with Crippen molar-refractivity contribution in [1.29, 1.82) is 0 Å². The predicted octanol–water partition coefficient (Wildman–Crippen LogP) is 1.97. The molecule has 0 bridgehead atoms. The third-order valence-corrected chi connectivity index (χ3v) is 2.41. The fourth-order valence-electron chi connectivity index (χ4n) is 1.24. The summed E-state index contributed by atoms with van der Waals surface area (Å²) >= 11 is 3.31. The van der Waals surface area contributed by atoms with Crippen molar-refractivity contribution in [1.82, 2.24) is 0 Å². The highest BCUT2D eigenvalue weighted by molar-refractivity contribution is 9.10. The minimum Gasteiger partial charge on any atom is -0.479 e. The Kier molecular flexibility index (Phi) is 2.09. The normalized spacial score (nSPS) is 25.6. The molecule has 13 heavy (non-hydrogen) atoms. The Morgan fingerprint density at radius 3 is 2.85 bits per heavy atom. The van der Waals surface area contributed by atoms with Crippen molar-refractivity contribution in [2.24, 2.45) is 0 Å². The number of aliphatic carboxylic acids is 1. The van der Waals surface area contributed by atoms with E-state index in [4.69, 9.17) is 9.84 Å². The van der Waals surface area contributed by atoms with Crippen LogP contribution in [0.2, 0.25) is 0 Å². The van der Waals surface area contributed by atoms with Crippen LogP contribution in [0.5, 0.6) is 0 Å². The summed E-state index contributed by atoms with van der Waals surface area (Å²) in [6.45, 7) is 0. The third-order valence-electron chi connectivity index (χ3n) is 1.91. The zero-order chi connectivity index (χ0) is 9.42. The second kappa shape index (κ2) is 3.12. The molecule has 0 spiro atoms. The number of hydrogen-bond acceptors (Lipinski definition) is 2. The molecule has 3 nitrogen and oxygen atoms in total. The van der Waals surface area contributed by atoms with Gasteiger partial charge in [-0.1, -0.05) is 28.1 Å². The molecular formula is C9H7BrO3. The molecule has 1 aromatic carbocycles. The molecule has 0 radical (unpaired) electrons. The van der Waals surface area contributed by atoms with Crippen molar-refractivity contribution in [2.45, 2.75) is 12.2 Å². The van der Waals surface area contributed by atoms with Gasteiger partial charge in [-0.05, 0) is 17.7 Å². The molecule has 0 aliphatic carbocycles. The molecule has 0 unspecified atom stereocenters. The maximum Gasteiger partial charge on any atom is 0.335 e. The highest BCUT2D eigenvalue weighted by Gasteiger charge is 2.46. The van der Waals surface area contributed by atoms with Crippen molar-refractivity contribution < 1.29 is 14.6 Å². The molecule has 0 aromatic heterocycles. The van der Waals surface area contributed by atoms with E-state index in [-0.39, 0.29) is 6.10 Å². The van der Waals surface area contributed by atoms with E-state index >= 15 is 0 Å². The second-order valence-corrected chi connectivity index (χ2v) is 3.79. The smallest absolute Gasteiger partial charge is 0.335 e. The number of benzene rings is 1. The zero-order valence-electron chi connectivity index (χ0n) is 6.61. The number of halogens is 1. The average Bonchev–Trinajstić information content (AvgIpc) is 2.82. The van der Waals surface area contributed by atoms with Crippen LogP contribution in [0.25, 0.3) is 0 Å². The van der Waals surface area contributed by atoms with E-state index < -0.39 is 12.1 Å². The molecule has 0 saturated carbocycles. The van der Waals surface area contributed by atoms with Gasteiger partial charge in [0.2, 0.25) is 0 Å². The molecule has 1 N–H and O–H groups in total. The van der Waals surface area contributed by atoms with Gasteiger partial charge >= 0.3 is 5.97 Å². The topological polar surface area (TPSA) is 49.8 Å². The summed E-state index contributed by atoms with van der Waals surface area (Å²) in [7, 11) is 0. The maximum atomic E-state index is 10.5. The Bertz CT molecular complexity index is 350. The summed E-state index contributed by atoms with van der Waals surface area (Å²) in [4.78, 5) is 10.5. The standard InChI is InChI=1S/C9H7BrO3/c10-6-3-1-2-5(4-6)7-8(13-7)9(11)12/h1-4,7-8H,(H,11,12)/t7-,8-/m1/s1. The Morgan fingerprint density at radius 1 is 1.54 bits per heavy atom. The maximum absolute atomic E-state index is 10.5. The number of carboxylic acid groups (broad SMARTS) is 1. The minimum atomic E-state index is -0.898. The Morgan fingerprint density at radius 2 is 2.31 bits per heavy atom. The SMILES string of the molecule is O=C(O)[C@@H]1O[C@@H]1c1cccc(Br)c1. The summed E-state index contributed by atoms with van der Waals surface area (Å²) < 4.78 is 5.93. The molecule has 1 fully saturated rings. The molecule has 1 aromatic rings. The number of carbonyl (C=O) groups is 1. The van der Waals surface area contributed by atoms with E-state index in [9.17, 15) is 4.79 Å². The quantitative estimate of drug-likeness (QED) is 0.808. The van der Waals surface area contributed by atoms with Crippen LogP contribution in [0.4, 0.5) is 0 Å². The van der Waals surface area contributed by atoms with Gasteiger partial charge in [0.25, 0.3) is 0 Å². The molecule has 1 aliphatic rings. The molecule has 1 heterocycles. The molecular weight excluding hydrogens is 236 g/mol. The lowest BCUT2D eigenvalue weighted by atomic mass is 10.1. The summed E-state index contributed by atoms with van der Waals surface area (Å²) in [6.07, 6.45) is -0.927. The van der Waals surface area contributed by atoms with Crippen LogP contribution < -0.4 is 0 Å². The van der Waals surface area contributed by atoms with Crippen molar-refractivity contribution in [3.05, 3.63) is 34.3 Å². The van der Waals surface area contributed by atoms with Gasteiger partial charge in [-0.2, -0.15) is 0 Å². The summed E-state index contributed by atoms with van der Waals surface area (Å²) in [5.41, 5.74) is 0.904. The van der Waals surface area contributed by atoms with Crippen LogP contribution in [-0.2, 0) is 9.53 Å². The Labute approximate surface area is 83.5 Å². The molecule has 1 saturated heterocycles. The number of rotatable bonds is 2. The van der Waals surface area contributed by atoms with E-state index in [1.54, 1.807) is 0 Å². The van der Waals surface area contributed by atoms with Crippen molar-refractivity contribution in [3.63, 3.8) is 0 Å². The zero-order valence-corrected chi connectivity index (χ0v) is 8.19. The lowest BCUT2D eigenvalue weighted by Gasteiger charge is -1.95. The van der Waals surface area contributed by atoms with Gasteiger partial charge in [0.1, 0.15) is 6.10 Å². The monoisotopic (exact) mass is 242 g/mol. The first kappa shape index (κ1) is 8.72. The minimum absolute atomic E-state index is 0.269. The Balaban J connectivity index is 2.16. The van der Waals surface area contributed by atoms with Crippen LogP contribution in [0, 0.1) is 0 Å². The predicted molar refractivity (Wildman–Crippen MR) is 49.4 cm³/mol. The summed E-state index contributed by atoms with van der Waals surface area (Å²) in [6, 6.07) is 7.48. The lowest BCUT2D eigenvalue weighted by Crippen LogP contribution is -2.04. The van der Waals surface area contributed by atoms with Crippen LogP contribution >= 0.6 is 15.9 Å². The molecule has 2 rings (SSSR count). The first-order valence-electron chi connectivity index (χ1n) is 3.82. The fourth-order valence-corrected chi connectivity index (χ4v) is 1.65. The van der Waals surface area contributed by atoms with Gasteiger partial charge < -0.3 is 9.84 Å². The van der Waals surface area contributed by atoms with Gasteiger partial charge in [0.15, 0.2) is 6.10 Å². The molecule has 0 amide bonds. The van der Waals surface area contributed by atoms with Gasteiger partial charge in [-0.3, -0.25) is 0 Å². The van der Waals surface area contributed by atoms with E-state index in [0.29, 0.717) is 0 Å². The van der Waals surface area contributed by atoms with Gasteiger partial charge in [0.05, 0.1) is 0 Å². The van der Waals surface area contributed by atoms with Crippen molar-refractivity contribution in [2.75, 3.05) is 0 Å². The van der Waals surface area contributed by atoms with Crippen molar-refractivity contribution in [3.8, 4) is 0 Å². The van der Waals surface area contributed by atoms with Crippen LogP contribution in [0.1, 0.15) is 11.7 Å². The van der Waals surface area contributed by atoms with Crippen molar-refractivity contribution >= 4 is 21.9 Å². The average molecular weight is 243 g/mol. The highest BCUT2D eigenvalue weighted by Crippen LogP contribution is 2.39. The molecule has 4 heteroatoms. The first-order valence-corrected chi connectivity index (χ1v) is 4.61. The van der Waals surface area contributed by atoms with E-state index in [2.05, 4.69) is 15.9 Å². The van der Waals surface area contributed by atoms with Crippen LogP contribution in [0.15, 0.2) is 28.7 Å². The number of hydrogen-bond donors (Lipinski definition) is 1. The highest BCUT2D eigenvalue weighted by atomic mass is 79.9. The summed E-state index contributed by atoms with van der Waals surface area (Å²) in [5.74, 6) is -0.898.